The zero-order valence-electron chi connectivity index (χ0n) is 11.4. The first-order valence-corrected chi connectivity index (χ1v) is 6.80. The van der Waals surface area contributed by atoms with E-state index in [2.05, 4.69) is 38.7 Å². The van der Waals surface area contributed by atoms with Crippen LogP contribution in [0.15, 0.2) is 12.4 Å². The van der Waals surface area contributed by atoms with E-state index in [1.807, 2.05) is 7.05 Å². The van der Waals surface area contributed by atoms with E-state index in [0.29, 0.717) is 11.8 Å². The summed E-state index contributed by atoms with van der Waals surface area (Å²) < 4.78 is 9.33. The standard InChI is InChI=1S/C12H17N5OS/c1-7(2)8-11(19-17-16-8)9(13-3)10-12(18-4)15-6-5-14-10/h5-7,9,13H,1-4H3. The Bertz CT molecular complexity index is 542. The number of nitrogens with one attached hydrogen (secondary N) is 1. The highest BCUT2D eigenvalue weighted by Gasteiger charge is 2.25. The number of ether oxygens (including phenoxy) is 1. The lowest BCUT2D eigenvalue weighted by Gasteiger charge is -2.17. The molecule has 0 aliphatic heterocycles. The largest absolute Gasteiger partial charge is 0.480 e. The highest BCUT2D eigenvalue weighted by Crippen LogP contribution is 2.32. The third-order valence-corrected chi connectivity index (χ3v) is 3.60. The highest BCUT2D eigenvalue weighted by atomic mass is 32.1. The highest BCUT2D eigenvalue weighted by molar-refractivity contribution is 7.05. The molecule has 0 amide bonds. The Labute approximate surface area is 116 Å². The van der Waals surface area contributed by atoms with Crippen molar-refractivity contribution in [3.05, 3.63) is 28.7 Å². The van der Waals surface area contributed by atoms with Crippen molar-refractivity contribution in [2.75, 3.05) is 14.2 Å². The van der Waals surface area contributed by atoms with Gasteiger partial charge in [-0.15, -0.1) is 5.10 Å². The first-order valence-electron chi connectivity index (χ1n) is 6.03. The minimum absolute atomic E-state index is 0.110. The third-order valence-electron chi connectivity index (χ3n) is 2.80. The van der Waals surface area contributed by atoms with Crippen LogP contribution >= 0.6 is 11.5 Å². The van der Waals surface area contributed by atoms with Crippen molar-refractivity contribution in [2.45, 2.75) is 25.8 Å². The molecule has 0 saturated carbocycles. The van der Waals surface area contributed by atoms with Crippen LogP contribution in [-0.2, 0) is 0 Å². The number of nitrogens with zero attached hydrogens (tertiary/aromatic N) is 4. The number of hydrogen-bond donors (Lipinski definition) is 1. The molecule has 1 atom stereocenters. The molecule has 1 unspecified atom stereocenters. The molecule has 2 heterocycles. The lowest BCUT2D eigenvalue weighted by Crippen LogP contribution is -2.20. The molecule has 2 aromatic heterocycles. The van der Waals surface area contributed by atoms with Crippen molar-refractivity contribution in [3.8, 4) is 5.88 Å². The van der Waals surface area contributed by atoms with Crippen molar-refractivity contribution in [2.24, 2.45) is 0 Å². The summed E-state index contributed by atoms with van der Waals surface area (Å²) in [6.45, 7) is 4.20. The first-order chi connectivity index (χ1) is 9.19. The van der Waals surface area contributed by atoms with E-state index >= 15 is 0 Å². The average molecular weight is 279 g/mol. The van der Waals surface area contributed by atoms with Crippen molar-refractivity contribution in [1.82, 2.24) is 24.9 Å². The molecule has 0 saturated heterocycles. The fraction of sp³-hybridized carbons (Fsp3) is 0.500. The van der Waals surface area contributed by atoms with E-state index in [4.69, 9.17) is 4.74 Å². The Morgan fingerprint density at radius 1 is 1.21 bits per heavy atom. The van der Waals surface area contributed by atoms with Crippen molar-refractivity contribution >= 4 is 11.5 Å². The lowest BCUT2D eigenvalue weighted by molar-refractivity contribution is 0.384. The van der Waals surface area contributed by atoms with Crippen LogP contribution in [0.2, 0.25) is 0 Å². The molecule has 0 aliphatic rings. The molecule has 0 spiro atoms. The van der Waals surface area contributed by atoms with Gasteiger partial charge in [0.2, 0.25) is 5.88 Å². The maximum absolute atomic E-state index is 5.28. The first kappa shape index (κ1) is 13.8. The van der Waals surface area contributed by atoms with E-state index < -0.39 is 0 Å². The van der Waals surface area contributed by atoms with Crippen LogP contribution in [0.1, 0.15) is 42.1 Å². The second-order valence-electron chi connectivity index (χ2n) is 4.35. The van der Waals surface area contributed by atoms with Gasteiger partial charge in [0, 0.05) is 12.4 Å². The van der Waals surface area contributed by atoms with Crippen LogP contribution in [0, 0.1) is 0 Å². The van der Waals surface area contributed by atoms with Crippen LogP contribution in [0.3, 0.4) is 0 Å². The molecular formula is C12H17N5OS. The van der Waals surface area contributed by atoms with Gasteiger partial charge in [-0.25, -0.2) is 4.98 Å². The molecule has 0 aromatic carbocycles. The number of hydrogen-bond acceptors (Lipinski definition) is 7. The molecule has 0 radical (unpaired) electrons. The van der Waals surface area contributed by atoms with Gasteiger partial charge in [0.05, 0.1) is 23.7 Å². The SMILES string of the molecule is CNC(c1nccnc1OC)c1snnc1C(C)C. The van der Waals surface area contributed by atoms with E-state index in [-0.39, 0.29) is 6.04 Å². The molecule has 0 fully saturated rings. The predicted octanol–water partition coefficient (Wildman–Crippen LogP) is 1.77. The summed E-state index contributed by atoms with van der Waals surface area (Å²) in [5.41, 5.74) is 1.73. The van der Waals surface area contributed by atoms with Gasteiger partial charge in [-0.05, 0) is 24.5 Å². The fourth-order valence-electron chi connectivity index (χ4n) is 1.89. The van der Waals surface area contributed by atoms with Crippen LogP contribution in [0.25, 0.3) is 0 Å². The Hall–Kier alpha value is -1.60. The van der Waals surface area contributed by atoms with Crippen LogP contribution < -0.4 is 10.1 Å². The van der Waals surface area contributed by atoms with Crippen LogP contribution in [0.5, 0.6) is 5.88 Å². The Kier molecular flexibility index (Phi) is 4.39. The third kappa shape index (κ3) is 2.71. The molecule has 2 rings (SSSR count). The number of methoxy groups -OCH3 is 1. The summed E-state index contributed by atoms with van der Waals surface area (Å²) in [7, 11) is 3.47. The zero-order valence-corrected chi connectivity index (χ0v) is 12.2. The number of aromatic nitrogens is 4. The molecule has 0 bridgehead atoms. The van der Waals surface area contributed by atoms with Gasteiger partial charge < -0.3 is 10.1 Å². The Morgan fingerprint density at radius 2 is 1.95 bits per heavy atom. The fourth-order valence-corrected chi connectivity index (χ4v) is 2.81. The normalized spacial score (nSPS) is 12.7. The molecule has 102 valence electrons. The Balaban J connectivity index is 2.47. The van der Waals surface area contributed by atoms with Gasteiger partial charge in [-0.3, -0.25) is 4.98 Å². The van der Waals surface area contributed by atoms with Crippen LogP contribution in [-0.4, -0.2) is 33.7 Å². The minimum atomic E-state index is -0.110. The zero-order chi connectivity index (χ0) is 13.8. The maximum Gasteiger partial charge on any atom is 0.237 e. The minimum Gasteiger partial charge on any atom is -0.480 e. The topological polar surface area (TPSA) is 72.8 Å². The van der Waals surface area contributed by atoms with E-state index in [1.54, 1.807) is 19.5 Å². The van der Waals surface area contributed by atoms with Gasteiger partial charge in [-0.2, -0.15) is 0 Å². The average Bonchev–Trinajstić information content (AvgIpc) is 2.89. The lowest BCUT2D eigenvalue weighted by atomic mass is 10.0. The summed E-state index contributed by atoms with van der Waals surface area (Å²) in [5.74, 6) is 0.831. The molecule has 6 nitrogen and oxygen atoms in total. The van der Waals surface area contributed by atoms with Crippen LogP contribution in [0.4, 0.5) is 0 Å². The Morgan fingerprint density at radius 3 is 2.58 bits per heavy atom. The molecular weight excluding hydrogens is 262 g/mol. The predicted molar refractivity (Wildman–Crippen MR) is 73.5 cm³/mol. The van der Waals surface area contributed by atoms with Gasteiger partial charge in [0.15, 0.2) is 0 Å². The smallest absolute Gasteiger partial charge is 0.237 e. The second-order valence-corrected chi connectivity index (χ2v) is 5.14. The molecule has 2 aromatic rings. The molecule has 19 heavy (non-hydrogen) atoms. The second kappa shape index (κ2) is 6.03. The summed E-state index contributed by atoms with van der Waals surface area (Å²) in [6, 6.07) is -0.110. The van der Waals surface area contributed by atoms with Gasteiger partial charge in [0.1, 0.15) is 5.69 Å². The summed E-state index contributed by atoms with van der Waals surface area (Å²) in [6.07, 6.45) is 3.27. The van der Waals surface area contributed by atoms with Crippen molar-refractivity contribution in [3.63, 3.8) is 0 Å². The molecule has 0 aliphatic carbocycles. The van der Waals surface area contributed by atoms with E-state index in [9.17, 15) is 0 Å². The van der Waals surface area contributed by atoms with Gasteiger partial charge in [-0.1, -0.05) is 18.3 Å². The van der Waals surface area contributed by atoms with E-state index in [1.165, 1.54) is 11.5 Å². The van der Waals surface area contributed by atoms with Crippen molar-refractivity contribution in [1.29, 1.82) is 0 Å². The van der Waals surface area contributed by atoms with Crippen molar-refractivity contribution < 1.29 is 4.74 Å². The molecule has 1 N–H and O–H groups in total. The summed E-state index contributed by atoms with van der Waals surface area (Å²) in [5, 5.41) is 7.44. The van der Waals surface area contributed by atoms with Gasteiger partial charge >= 0.3 is 0 Å². The summed E-state index contributed by atoms with van der Waals surface area (Å²) in [4.78, 5) is 9.62. The maximum atomic E-state index is 5.28. The van der Waals surface area contributed by atoms with Gasteiger partial charge in [0.25, 0.3) is 0 Å². The monoisotopic (exact) mass is 279 g/mol. The van der Waals surface area contributed by atoms with E-state index in [0.717, 1.165) is 16.3 Å². The quantitative estimate of drug-likeness (QED) is 0.899. The number of rotatable bonds is 5. The summed E-state index contributed by atoms with van der Waals surface area (Å²) >= 11 is 1.38. The molecule has 7 heteroatoms.